The molecule has 1 fully saturated rings. The minimum Gasteiger partial charge on any atom is -0.345 e. The van der Waals surface area contributed by atoms with Crippen molar-refractivity contribution in [3.8, 4) is 0 Å². The SMILES string of the molecule is C[C@H](NC(=O)c1cccc(N2CCCS2(=O)=O)c1)c1cccnc1. The number of benzene rings is 1. The van der Waals surface area contributed by atoms with Gasteiger partial charge in [-0.05, 0) is 43.2 Å². The number of hydrogen-bond acceptors (Lipinski definition) is 4. The Morgan fingerprint density at radius 2 is 2.12 bits per heavy atom. The van der Waals surface area contributed by atoms with E-state index in [0.717, 1.165) is 5.56 Å². The minimum atomic E-state index is -3.26. The molecule has 0 spiro atoms. The molecule has 126 valence electrons. The van der Waals surface area contributed by atoms with Gasteiger partial charge in [-0.25, -0.2) is 8.42 Å². The smallest absolute Gasteiger partial charge is 0.251 e. The molecule has 1 aromatic heterocycles. The van der Waals surface area contributed by atoms with E-state index < -0.39 is 10.0 Å². The van der Waals surface area contributed by atoms with E-state index in [1.807, 2.05) is 19.1 Å². The van der Waals surface area contributed by atoms with E-state index >= 15 is 0 Å². The molecule has 0 radical (unpaired) electrons. The van der Waals surface area contributed by atoms with Crippen molar-refractivity contribution in [2.75, 3.05) is 16.6 Å². The third-order valence-electron chi connectivity index (χ3n) is 4.03. The summed E-state index contributed by atoms with van der Waals surface area (Å²) in [5, 5.41) is 2.90. The molecule has 24 heavy (non-hydrogen) atoms. The van der Waals surface area contributed by atoms with Crippen molar-refractivity contribution in [1.82, 2.24) is 10.3 Å². The average molecular weight is 345 g/mol. The zero-order valence-corrected chi connectivity index (χ0v) is 14.2. The van der Waals surface area contributed by atoms with Gasteiger partial charge in [-0.3, -0.25) is 14.1 Å². The van der Waals surface area contributed by atoms with Crippen molar-refractivity contribution in [2.24, 2.45) is 0 Å². The number of rotatable bonds is 4. The molecule has 2 aromatic rings. The Labute approximate surface area is 141 Å². The highest BCUT2D eigenvalue weighted by atomic mass is 32.2. The van der Waals surface area contributed by atoms with Crippen LogP contribution in [0.2, 0.25) is 0 Å². The van der Waals surface area contributed by atoms with Crippen molar-refractivity contribution >= 4 is 21.6 Å². The molecule has 0 saturated carbocycles. The van der Waals surface area contributed by atoms with E-state index in [1.165, 1.54) is 4.31 Å². The topological polar surface area (TPSA) is 79.4 Å². The first-order valence-electron chi connectivity index (χ1n) is 7.79. The maximum absolute atomic E-state index is 12.5. The number of nitrogens with zero attached hydrogens (tertiary/aromatic N) is 2. The fraction of sp³-hybridized carbons (Fsp3) is 0.294. The van der Waals surface area contributed by atoms with Crippen molar-refractivity contribution < 1.29 is 13.2 Å². The van der Waals surface area contributed by atoms with Gasteiger partial charge in [0.05, 0.1) is 17.5 Å². The molecule has 1 saturated heterocycles. The third-order valence-corrected chi connectivity index (χ3v) is 5.90. The van der Waals surface area contributed by atoms with Crippen LogP contribution in [0.1, 0.15) is 35.3 Å². The molecule has 1 aromatic carbocycles. The number of anilines is 1. The van der Waals surface area contributed by atoms with Gasteiger partial charge in [-0.2, -0.15) is 0 Å². The van der Waals surface area contributed by atoms with E-state index in [2.05, 4.69) is 10.3 Å². The molecule has 0 unspecified atom stereocenters. The van der Waals surface area contributed by atoms with Gasteiger partial charge < -0.3 is 5.32 Å². The number of sulfonamides is 1. The zero-order valence-electron chi connectivity index (χ0n) is 13.3. The van der Waals surface area contributed by atoms with Crippen LogP contribution in [-0.4, -0.2) is 31.6 Å². The molecule has 1 atom stereocenters. The van der Waals surface area contributed by atoms with Crippen LogP contribution in [0, 0.1) is 0 Å². The van der Waals surface area contributed by atoms with E-state index in [1.54, 1.807) is 36.7 Å². The van der Waals surface area contributed by atoms with Crippen LogP contribution < -0.4 is 9.62 Å². The van der Waals surface area contributed by atoms with Crippen LogP contribution in [0.25, 0.3) is 0 Å². The Morgan fingerprint density at radius 3 is 2.79 bits per heavy atom. The second-order valence-electron chi connectivity index (χ2n) is 5.77. The normalized spacial score (nSPS) is 17.5. The third kappa shape index (κ3) is 3.41. The van der Waals surface area contributed by atoms with Crippen LogP contribution in [0.3, 0.4) is 0 Å². The van der Waals surface area contributed by atoms with Crippen LogP contribution in [-0.2, 0) is 10.0 Å². The monoisotopic (exact) mass is 345 g/mol. The zero-order chi connectivity index (χ0) is 17.2. The highest BCUT2D eigenvalue weighted by Crippen LogP contribution is 2.25. The van der Waals surface area contributed by atoms with E-state index in [4.69, 9.17) is 0 Å². The molecule has 0 bridgehead atoms. The summed E-state index contributed by atoms with van der Waals surface area (Å²) in [5.41, 5.74) is 1.88. The molecule has 6 nitrogen and oxygen atoms in total. The number of nitrogens with one attached hydrogen (secondary N) is 1. The van der Waals surface area contributed by atoms with Crippen molar-refractivity contribution in [1.29, 1.82) is 0 Å². The molecule has 7 heteroatoms. The predicted molar refractivity (Wildman–Crippen MR) is 92.3 cm³/mol. The maximum Gasteiger partial charge on any atom is 0.251 e. The summed E-state index contributed by atoms with van der Waals surface area (Å²) in [7, 11) is -3.26. The van der Waals surface area contributed by atoms with Gasteiger partial charge >= 0.3 is 0 Å². The quantitative estimate of drug-likeness (QED) is 0.920. The Bertz CT molecular complexity index is 837. The molecular weight excluding hydrogens is 326 g/mol. The van der Waals surface area contributed by atoms with Gasteiger partial charge in [-0.1, -0.05) is 12.1 Å². The Morgan fingerprint density at radius 1 is 1.29 bits per heavy atom. The lowest BCUT2D eigenvalue weighted by atomic mass is 10.1. The molecule has 1 aliphatic heterocycles. The predicted octanol–water partition coefficient (Wildman–Crippen LogP) is 2.11. The van der Waals surface area contributed by atoms with Gasteiger partial charge in [0, 0.05) is 24.5 Å². The number of carbonyl (C=O) groups excluding carboxylic acids is 1. The highest BCUT2D eigenvalue weighted by Gasteiger charge is 2.28. The van der Waals surface area contributed by atoms with Gasteiger partial charge in [0.25, 0.3) is 5.91 Å². The summed E-state index contributed by atoms with van der Waals surface area (Å²) in [6.07, 6.45) is 3.99. The first kappa shape index (κ1) is 16.4. The molecule has 1 amide bonds. The average Bonchev–Trinajstić information content (AvgIpc) is 2.95. The number of carbonyl (C=O) groups is 1. The maximum atomic E-state index is 12.5. The molecule has 0 aliphatic carbocycles. The summed E-state index contributed by atoms with van der Waals surface area (Å²) < 4.78 is 25.4. The summed E-state index contributed by atoms with van der Waals surface area (Å²) >= 11 is 0. The summed E-state index contributed by atoms with van der Waals surface area (Å²) in [5.74, 6) is -0.0913. The second kappa shape index (κ2) is 6.60. The summed E-state index contributed by atoms with van der Waals surface area (Å²) in [6, 6.07) is 10.2. The fourth-order valence-corrected chi connectivity index (χ4v) is 4.28. The first-order valence-corrected chi connectivity index (χ1v) is 9.39. The van der Waals surface area contributed by atoms with Crippen molar-refractivity contribution in [3.05, 3.63) is 59.9 Å². The molecule has 3 rings (SSSR count). The summed E-state index contributed by atoms with van der Waals surface area (Å²) in [6.45, 7) is 2.34. The van der Waals surface area contributed by atoms with Gasteiger partial charge in [-0.15, -0.1) is 0 Å². The highest BCUT2D eigenvalue weighted by molar-refractivity contribution is 7.93. The van der Waals surface area contributed by atoms with Crippen LogP contribution >= 0.6 is 0 Å². The van der Waals surface area contributed by atoms with E-state index in [9.17, 15) is 13.2 Å². The lowest BCUT2D eigenvalue weighted by Crippen LogP contribution is -2.28. The first-order chi connectivity index (χ1) is 11.5. The van der Waals surface area contributed by atoms with Gasteiger partial charge in [0.1, 0.15) is 0 Å². The second-order valence-corrected chi connectivity index (χ2v) is 7.79. The molecule has 2 heterocycles. The Hall–Kier alpha value is -2.41. The largest absolute Gasteiger partial charge is 0.345 e. The lowest BCUT2D eigenvalue weighted by molar-refractivity contribution is 0.0940. The van der Waals surface area contributed by atoms with Crippen LogP contribution in [0.5, 0.6) is 0 Å². The number of aromatic nitrogens is 1. The number of pyridine rings is 1. The standard InChI is InChI=1S/C17H19N3O3S/c1-13(15-6-3-8-18-12-15)19-17(21)14-5-2-7-16(11-14)20-9-4-10-24(20,22)23/h2-3,5-8,11-13H,4,9-10H2,1H3,(H,19,21)/t13-/m0/s1. The van der Waals surface area contributed by atoms with E-state index in [0.29, 0.717) is 24.2 Å². The lowest BCUT2D eigenvalue weighted by Gasteiger charge is -2.18. The van der Waals surface area contributed by atoms with E-state index in [-0.39, 0.29) is 17.7 Å². The van der Waals surface area contributed by atoms with Crippen molar-refractivity contribution in [2.45, 2.75) is 19.4 Å². The molecule has 1 N–H and O–H groups in total. The van der Waals surface area contributed by atoms with Crippen LogP contribution in [0.15, 0.2) is 48.8 Å². The minimum absolute atomic E-state index is 0.154. The fourth-order valence-electron chi connectivity index (χ4n) is 2.73. The Kier molecular flexibility index (Phi) is 4.53. The Balaban J connectivity index is 1.78. The van der Waals surface area contributed by atoms with Crippen molar-refractivity contribution in [3.63, 3.8) is 0 Å². The molecular formula is C17H19N3O3S. The number of hydrogen-bond donors (Lipinski definition) is 1. The van der Waals surface area contributed by atoms with Gasteiger partial charge in [0.15, 0.2) is 0 Å². The number of amides is 1. The molecule has 1 aliphatic rings. The van der Waals surface area contributed by atoms with Crippen LogP contribution in [0.4, 0.5) is 5.69 Å². The summed E-state index contributed by atoms with van der Waals surface area (Å²) in [4.78, 5) is 16.5. The van der Waals surface area contributed by atoms with Gasteiger partial charge in [0.2, 0.25) is 10.0 Å².